The smallest absolute Gasteiger partial charge is 0.334 e. The van der Waals surface area contributed by atoms with E-state index in [-0.39, 0.29) is 16.7 Å². The molecule has 0 amide bonds. The average molecular weight is 341 g/mol. The highest BCUT2D eigenvalue weighted by atomic mass is 19.1. The molecule has 25 heavy (non-hydrogen) atoms. The lowest BCUT2D eigenvalue weighted by atomic mass is 10.1. The second-order valence-electron chi connectivity index (χ2n) is 6.00. The molecule has 2 aromatic heterocycles. The lowest BCUT2D eigenvalue weighted by molar-refractivity contribution is 0.568. The Morgan fingerprint density at radius 3 is 2.60 bits per heavy atom. The number of nitrogens with zero attached hydrogens (tertiary/aromatic N) is 4. The van der Waals surface area contributed by atoms with E-state index >= 15 is 0 Å². The summed E-state index contributed by atoms with van der Waals surface area (Å²) >= 11 is 0. The first-order chi connectivity index (χ1) is 12.1. The van der Waals surface area contributed by atoms with Crippen LogP contribution < -0.4 is 16.1 Å². The maximum atomic E-state index is 14.0. The highest BCUT2D eigenvalue weighted by molar-refractivity contribution is 5.73. The van der Waals surface area contributed by atoms with Gasteiger partial charge in [0.25, 0.3) is 5.56 Å². The van der Waals surface area contributed by atoms with Crippen molar-refractivity contribution in [2.75, 3.05) is 18.0 Å². The van der Waals surface area contributed by atoms with Crippen LogP contribution in [0.1, 0.15) is 19.3 Å². The number of hydrogen-bond donors (Lipinski definition) is 1. The highest BCUT2D eigenvalue weighted by Gasteiger charge is 2.17. The SMILES string of the molecule is O=c1[nH]c2nc(N3CCCCC3)ncc2c(=O)n1-c1ccccc1F. The van der Waals surface area contributed by atoms with Gasteiger partial charge in [-0.25, -0.2) is 18.7 Å². The van der Waals surface area contributed by atoms with Crippen LogP contribution in [0.2, 0.25) is 0 Å². The summed E-state index contributed by atoms with van der Waals surface area (Å²) in [4.78, 5) is 38.2. The monoisotopic (exact) mass is 341 g/mol. The van der Waals surface area contributed by atoms with Crippen molar-refractivity contribution in [1.82, 2.24) is 19.5 Å². The van der Waals surface area contributed by atoms with Crippen LogP contribution in [-0.4, -0.2) is 32.6 Å². The molecular formula is C17H16FN5O2. The third kappa shape index (κ3) is 2.69. The summed E-state index contributed by atoms with van der Waals surface area (Å²) in [5, 5.41) is 0.142. The van der Waals surface area contributed by atoms with E-state index in [0.29, 0.717) is 5.95 Å². The predicted molar refractivity (Wildman–Crippen MR) is 91.8 cm³/mol. The molecule has 4 rings (SSSR count). The van der Waals surface area contributed by atoms with Crippen LogP contribution in [0.5, 0.6) is 0 Å². The third-order valence-electron chi connectivity index (χ3n) is 4.37. The van der Waals surface area contributed by atoms with E-state index in [1.807, 2.05) is 4.90 Å². The minimum Gasteiger partial charge on any atom is -0.341 e. The summed E-state index contributed by atoms with van der Waals surface area (Å²) in [5.74, 6) is -0.161. The van der Waals surface area contributed by atoms with Gasteiger partial charge < -0.3 is 4.90 Å². The maximum Gasteiger partial charge on any atom is 0.334 e. The molecular weight excluding hydrogens is 325 g/mol. The van der Waals surface area contributed by atoms with E-state index in [0.717, 1.165) is 30.5 Å². The molecule has 3 aromatic rings. The van der Waals surface area contributed by atoms with Gasteiger partial charge in [-0.2, -0.15) is 4.98 Å². The molecule has 0 spiro atoms. The summed E-state index contributed by atoms with van der Waals surface area (Å²) < 4.78 is 14.8. The number of anilines is 1. The topological polar surface area (TPSA) is 83.9 Å². The van der Waals surface area contributed by atoms with E-state index in [1.54, 1.807) is 6.07 Å². The lowest BCUT2D eigenvalue weighted by Gasteiger charge is -2.26. The Labute approximate surface area is 141 Å². The molecule has 1 N–H and O–H groups in total. The first kappa shape index (κ1) is 15.5. The minimum atomic E-state index is -0.731. The van der Waals surface area contributed by atoms with Gasteiger partial charge in [0.05, 0.1) is 5.69 Å². The van der Waals surface area contributed by atoms with E-state index in [1.165, 1.54) is 30.8 Å². The molecule has 8 heteroatoms. The summed E-state index contributed by atoms with van der Waals surface area (Å²) in [6, 6.07) is 5.62. The number of para-hydroxylation sites is 1. The van der Waals surface area contributed by atoms with Crippen molar-refractivity contribution in [1.29, 1.82) is 0 Å². The molecule has 7 nitrogen and oxygen atoms in total. The molecule has 0 unspecified atom stereocenters. The Hall–Kier alpha value is -3.03. The molecule has 1 saturated heterocycles. The number of piperidine rings is 1. The number of nitrogens with one attached hydrogen (secondary N) is 1. The standard InChI is InChI=1S/C17H16FN5O2/c18-12-6-2-3-7-13(12)23-15(24)11-10-19-16(20-14(11)21-17(23)25)22-8-4-1-5-9-22/h2-3,6-7,10H,1,4-5,8-9H2,(H,19,20,21,25). The van der Waals surface area contributed by atoms with Crippen molar-refractivity contribution in [3.8, 4) is 5.69 Å². The van der Waals surface area contributed by atoms with Crippen LogP contribution in [0.25, 0.3) is 16.7 Å². The Balaban J connectivity index is 1.88. The molecule has 1 fully saturated rings. The summed E-state index contributed by atoms with van der Waals surface area (Å²) in [5.41, 5.74) is -1.31. The van der Waals surface area contributed by atoms with Gasteiger partial charge in [-0.3, -0.25) is 9.78 Å². The molecule has 1 aliphatic rings. The number of benzene rings is 1. The van der Waals surface area contributed by atoms with Gasteiger partial charge in [0.15, 0.2) is 5.65 Å². The Morgan fingerprint density at radius 1 is 1.08 bits per heavy atom. The van der Waals surface area contributed by atoms with E-state index in [2.05, 4.69) is 15.0 Å². The molecule has 0 saturated carbocycles. The van der Waals surface area contributed by atoms with Crippen molar-refractivity contribution in [3.63, 3.8) is 0 Å². The van der Waals surface area contributed by atoms with Gasteiger partial charge in [0.2, 0.25) is 5.95 Å². The molecule has 1 aliphatic heterocycles. The fraction of sp³-hybridized carbons (Fsp3) is 0.294. The second-order valence-corrected chi connectivity index (χ2v) is 6.00. The fourth-order valence-electron chi connectivity index (χ4n) is 3.09. The van der Waals surface area contributed by atoms with Crippen molar-refractivity contribution >= 4 is 17.0 Å². The molecule has 128 valence electrons. The number of halogens is 1. The molecule has 0 aliphatic carbocycles. The molecule has 0 radical (unpaired) electrons. The summed E-state index contributed by atoms with van der Waals surface area (Å²) in [7, 11) is 0. The zero-order chi connectivity index (χ0) is 17.4. The minimum absolute atomic E-state index is 0.101. The Kier molecular flexibility index (Phi) is 3.79. The lowest BCUT2D eigenvalue weighted by Crippen LogP contribution is -2.35. The van der Waals surface area contributed by atoms with Crippen molar-refractivity contribution in [3.05, 3.63) is 57.1 Å². The highest BCUT2D eigenvalue weighted by Crippen LogP contribution is 2.16. The summed E-state index contributed by atoms with van der Waals surface area (Å²) in [6.45, 7) is 1.70. The number of fused-ring (bicyclic) bond motifs is 1. The second kappa shape index (κ2) is 6.12. The van der Waals surface area contributed by atoms with Gasteiger partial charge in [-0.15, -0.1) is 0 Å². The summed E-state index contributed by atoms with van der Waals surface area (Å²) in [6.07, 6.45) is 4.69. The Bertz CT molecular complexity index is 1050. The maximum absolute atomic E-state index is 14.0. The Morgan fingerprint density at radius 2 is 1.84 bits per heavy atom. The van der Waals surface area contributed by atoms with Crippen LogP contribution >= 0.6 is 0 Å². The number of aromatic amines is 1. The van der Waals surface area contributed by atoms with Crippen LogP contribution in [0.4, 0.5) is 10.3 Å². The average Bonchev–Trinajstić information content (AvgIpc) is 2.63. The normalized spacial score (nSPS) is 14.8. The number of rotatable bonds is 2. The van der Waals surface area contributed by atoms with Crippen LogP contribution in [0.3, 0.4) is 0 Å². The van der Waals surface area contributed by atoms with Crippen molar-refractivity contribution < 1.29 is 4.39 Å². The van der Waals surface area contributed by atoms with Crippen molar-refractivity contribution in [2.45, 2.75) is 19.3 Å². The molecule has 0 atom stereocenters. The molecule has 1 aromatic carbocycles. The van der Waals surface area contributed by atoms with Gasteiger partial charge in [0.1, 0.15) is 11.2 Å². The largest absolute Gasteiger partial charge is 0.341 e. The number of aromatic nitrogens is 4. The predicted octanol–water partition coefficient (Wildman–Crippen LogP) is 1.60. The van der Waals surface area contributed by atoms with Gasteiger partial charge in [-0.05, 0) is 31.4 Å². The van der Waals surface area contributed by atoms with E-state index < -0.39 is 17.1 Å². The van der Waals surface area contributed by atoms with Crippen LogP contribution in [0, 0.1) is 5.82 Å². The first-order valence-corrected chi connectivity index (χ1v) is 8.17. The molecule has 3 heterocycles. The number of H-pyrrole nitrogens is 1. The van der Waals surface area contributed by atoms with E-state index in [4.69, 9.17) is 0 Å². The first-order valence-electron chi connectivity index (χ1n) is 8.17. The number of hydrogen-bond acceptors (Lipinski definition) is 5. The third-order valence-corrected chi connectivity index (χ3v) is 4.37. The van der Waals surface area contributed by atoms with Gasteiger partial charge in [0, 0.05) is 19.3 Å². The quantitative estimate of drug-likeness (QED) is 0.765. The van der Waals surface area contributed by atoms with Crippen molar-refractivity contribution in [2.24, 2.45) is 0 Å². The van der Waals surface area contributed by atoms with Crippen LogP contribution in [-0.2, 0) is 0 Å². The zero-order valence-electron chi connectivity index (χ0n) is 13.4. The van der Waals surface area contributed by atoms with Gasteiger partial charge in [-0.1, -0.05) is 12.1 Å². The van der Waals surface area contributed by atoms with Crippen LogP contribution in [0.15, 0.2) is 40.1 Å². The fourth-order valence-corrected chi connectivity index (χ4v) is 3.09. The molecule has 0 bridgehead atoms. The van der Waals surface area contributed by atoms with E-state index in [9.17, 15) is 14.0 Å². The zero-order valence-corrected chi connectivity index (χ0v) is 13.4. The van der Waals surface area contributed by atoms with Gasteiger partial charge >= 0.3 is 5.69 Å².